The number of Topliss-reactive ketones (excluding diaryl/α,β-unsaturated/α-hetero) is 2. The first kappa shape index (κ1) is 28.6. The SMILES string of the molecule is CC(=O)C(C)(C)O[C@@H](C)C(=O)C(C)O[C@@H](CNC(C)(C)C)COc1nsnc1N1CCOCC1. The fourth-order valence-electron chi connectivity index (χ4n) is 3.24. The topological polar surface area (TPSA) is 112 Å². The molecule has 1 aromatic rings. The van der Waals surface area contributed by atoms with E-state index in [4.69, 9.17) is 18.9 Å². The van der Waals surface area contributed by atoms with E-state index in [1.807, 2.05) is 0 Å². The van der Waals surface area contributed by atoms with Crippen molar-refractivity contribution in [1.82, 2.24) is 14.1 Å². The van der Waals surface area contributed by atoms with Gasteiger partial charge in [0.25, 0.3) is 5.88 Å². The molecule has 1 unspecified atom stereocenters. The van der Waals surface area contributed by atoms with Gasteiger partial charge in [0.05, 0.1) is 24.9 Å². The van der Waals surface area contributed by atoms with Gasteiger partial charge >= 0.3 is 0 Å². The van der Waals surface area contributed by atoms with Crippen molar-refractivity contribution in [1.29, 1.82) is 0 Å². The zero-order chi connectivity index (χ0) is 25.5. The number of ketones is 2. The van der Waals surface area contributed by atoms with Crippen molar-refractivity contribution in [3.63, 3.8) is 0 Å². The number of morpholine rings is 1. The monoisotopic (exact) mass is 500 g/mol. The smallest absolute Gasteiger partial charge is 0.270 e. The zero-order valence-corrected chi connectivity index (χ0v) is 22.5. The first-order valence-electron chi connectivity index (χ1n) is 11.7. The van der Waals surface area contributed by atoms with Crippen LogP contribution in [0, 0.1) is 0 Å². The normalized spacial score (nSPS) is 17.8. The Bertz CT molecular complexity index is 804. The third-order valence-corrected chi connectivity index (χ3v) is 6.04. The highest BCUT2D eigenvalue weighted by Crippen LogP contribution is 2.26. The first-order valence-corrected chi connectivity index (χ1v) is 12.4. The minimum atomic E-state index is -1.04. The summed E-state index contributed by atoms with van der Waals surface area (Å²) in [7, 11) is 0. The van der Waals surface area contributed by atoms with E-state index in [-0.39, 0.29) is 23.7 Å². The number of rotatable bonds is 13. The summed E-state index contributed by atoms with van der Waals surface area (Å²) in [4.78, 5) is 26.8. The molecule has 3 atom stereocenters. The van der Waals surface area contributed by atoms with Crippen LogP contribution in [0.4, 0.5) is 5.82 Å². The van der Waals surface area contributed by atoms with Gasteiger partial charge < -0.3 is 29.2 Å². The molecular formula is C23H40N4O6S. The molecule has 0 bridgehead atoms. The van der Waals surface area contributed by atoms with Crippen LogP contribution in [0.15, 0.2) is 0 Å². The van der Waals surface area contributed by atoms with Crippen molar-refractivity contribution in [2.45, 2.75) is 84.8 Å². The van der Waals surface area contributed by atoms with E-state index in [2.05, 4.69) is 39.7 Å². The van der Waals surface area contributed by atoms with Crippen LogP contribution in [-0.4, -0.2) is 89.2 Å². The number of hydrogen-bond donors (Lipinski definition) is 1. The number of anilines is 1. The molecule has 34 heavy (non-hydrogen) atoms. The van der Waals surface area contributed by atoms with E-state index in [1.165, 1.54) is 6.92 Å². The molecule has 0 amide bonds. The van der Waals surface area contributed by atoms with Gasteiger partial charge in [-0.15, -0.1) is 4.37 Å². The predicted molar refractivity (Wildman–Crippen MR) is 131 cm³/mol. The van der Waals surface area contributed by atoms with Crippen LogP contribution < -0.4 is 15.0 Å². The van der Waals surface area contributed by atoms with Crippen molar-refractivity contribution in [3.05, 3.63) is 0 Å². The molecule has 1 aliphatic heterocycles. The highest BCUT2D eigenvalue weighted by Gasteiger charge is 2.33. The van der Waals surface area contributed by atoms with Crippen LogP contribution in [0.5, 0.6) is 5.88 Å². The van der Waals surface area contributed by atoms with Gasteiger partial charge in [-0.3, -0.25) is 9.59 Å². The maximum Gasteiger partial charge on any atom is 0.270 e. The van der Waals surface area contributed by atoms with Gasteiger partial charge in [0.15, 0.2) is 11.6 Å². The summed E-state index contributed by atoms with van der Waals surface area (Å²) in [6.07, 6.45) is -1.97. The summed E-state index contributed by atoms with van der Waals surface area (Å²) in [6.45, 7) is 17.7. The third-order valence-electron chi connectivity index (χ3n) is 5.54. The number of carbonyl (C=O) groups excluding carboxylic acids is 2. The summed E-state index contributed by atoms with van der Waals surface area (Å²) in [5.74, 6) is 0.775. The summed E-state index contributed by atoms with van der Waals surface area (Å²) in [5, 5.41) is 3.40. The maximum atomic E-state index is 12.9. The predicted octanol–water partition coefficient (Wildman–Crippen LogP) is 2.26. The standard InChI is InChI=1S/C23H40N4O6S/c1-15(19(29)16(2)33-23(7,8)17(3)28)32-18(13-24-22(4,5)6)14-31-21-20(25-34-26-21)27-9-11-30-12-10-27/h15-16,18,24H,9-14H2,1-8H3/t15?,16-,18-/m0/s1. The molecule has 2 rings (SSSR count). The molecule has 1 aromatic heterocycles. The third kappa shape index (κ3) is 8.84. The van der Waals surface area contributed by atoms with Crippen molar-refractivity contribution in [2.75, 3.05) is 44.4 Å². The molecule has 1 N–H and O–H groups in total. The quantitative estimate of drug-likeness (QED) is 0.433. The fourth-order valence-corrected chi connectivity index (χ4v) is 3.76. The van der Waals surface area contributed by atoms with Crippen molar-refractivity contribution in [2.24, 2.45) is 0 Å². The highest BCUT2D eigenvalue weighted by molar-refractivity contribution is 6.99. The van der Waals surface area contributed by atoms with Gasteiger partial charge in [0.2, 0.25) is 5.82 Å². The van der Waals surface area contributed by atoms with Gasteiger partial charge in [-0.25, -0.2) is 0 Å². The molecule has 11 heteroatoms. The fraction of sp³-hybridized carbons (Fsp3) is 0.826. The molecule has 10 nitrogen and oxygen atoms in total. The maximum absolute atomic E-state index is 12.9. The largest absolute Gasteiger partial charge is 0.472 e. The molecule has 0 spiro atoms. The molecular weight excluding hydrogens is 460 g/mol. The Morgan fingerprint density at radius 2 is 1.76 bits per heavy atom. The molecule has 1 fully saturated rings. The van der Waals surface area contributed by atoms with Crippen LogP contribution in [0.2, 0.25) is 0 Å². The number of aromatic nitrogens is 2. The summed E-state index contributed by atoms with van der Waals surface area (Å²) in [5.41, 5.74) is -1.18. The molecule has 0 saturated carbocycles. The van der Waals surface area contributed by atoms with E-state index < -0.39 is 23.9 Å². The lowest BCUT2D eigenvalue weighted by molar-refractivity contribution is -0.160. The van der Waals surface area contributed by atoms with E-state index in [1.54, 1.807) is 27.7 Å². The Kier molecular flexibility index (Phi) is 10.4. The summed E-state index contributed by atoms with van der Waals surface area (Å²) < 4.78 is 31.9. The van der Waals surface area contributed by atoms with Crippen molar-refractivity contribution >= 4 is 29.1 Å². The van der Waals surface area contributed by atoms with E-state index in [9.17, 15) is 9.59 Å². The summed E-state index contributed by atoms with van der Waals surface area (Å²) >= 11 is 1.10. The average Bonchev–Trinajstić information content (AvgIpc) is 3.23. The minimum absolute atomic E-state index is 0.141. The first-order chi connectivity index (χ1) is 15.8. The van der Waals surface area contributed by atoms with Crippen LogP contribution in [0.1, 0.15) is 55.4 Å². The van der Waals surface area contributed by atoms with Gasteiger partial charge in [0.1, 0.15) is 30.5 Å². The van der Waals surface area contributed by atoms with E-state index in [0.717, 1.165) is 24.8 Å². The molecule has 0 aliphatic carbocycles. The number of hydrogen-bond acceptors (Lipinski definition) is 11. The lowest BCUT2D eigenvalue weighted by atomic mass is 10.0. The number of nitrogens with one attached hydrogen (secondary N) is 1. The van der Waals surface area contributed by atoms with Gasteiger partial charge in [-0.1, -0.05) is 0 Å². The lowest BCUT2D eigenvalue weighted by Crippen LogP contribution is -2.47. The molecule has 1 aliphatic rings. The van der Waals surface area contributed by atoms with Crippen molar-refractivity contribution < 1.29 is 28.5 Å². The second kappa shape index (κ2) is 12.3. The van der Waals surface area contributed by atoms with Crippen LogP contribution >= 0.6 is 11.7 Å². The summed E-state index contributed by atoms with van der Waals surface area (Å²) in [6, 6.07) is 0. The molecule has 0 aromatic carbocycles. The minimum Gasteiger partial charge on any atom is -0.472 e. The Balaban J connectivity index is 2.03. The second-order valence-corrected chi connectivity index (χ2v) is 10.6. The molecule has 2 heterocycles. The van der Waals surface area contributed by atoms with Crippen LogP contribution in [0.25, 0.3) is 0 Å². The Morgan fingerprint density at radius 1 is 1.12 bits per heavy atom. The molecule has 1 saturated heterocycles. The number of carbonyl (C=O) groups is 2. The van der Waals surface area contributed by atoms with E-state index >= 15 is 0 Å². The second-order valence-electron chi connectivity index (χ2n) is 10.1. The highest BCUT2D eigenvalue weighted by atomic mass is 32.1. The Labute approximate surface area is 207 Å². The Hall–Kier alpha value is -1.66. The van der Waals surface area contributed by atoms with Gasteiger partial charge in [-0.05, 0) is 55.4 Å². The van der Waals surface area contributed by atoms with Crippen LogP contribution in [-0.2, 0) is 23.8 Å². The van der Waals surface area contributed by atoms with Gasteiger partial charge in [0, 0.05) is 25.2 Å². The zero-order valence-electron chi connectivity index (χ0n) is 21.7. The number of nitrogens with zero attached hydrogens (tertiary/aromatic N) is 3. The van der Waals surface area contributed by atoms with Gasteiger partial charge in [-0.2, -0.15) is 4.37 Å². The Morgan fingerprint density at radius 3 is 2.35 bits per heavy atom. The molecule has 194 valence electrons. The average molecular weight is 501 g/mol. The number of ether oxygens (including phenoxy) is 4. The van der Waals surface area contributed by atoms with E-state index in [0.29, 0.717) is 31.5 Å². The molecule has 0 radical (unpaired) electrons. The van der Waals surface area contributed by atoms with Crippen LogP contribution in [0.3, 0.4) is 0 Å². The van der Waals surface area contributed by atoms with Crippen molar-refractivity contribution in [3.8, 4) is 5.88 Å². The lowest BCUT2D eigenvalue weighted by Gasteiger charge is -2.30.